The molecule has 0 saturated carbocycles. The Morgan fingerprint density at radius 3 is 2.21 bits per heavy atom. The number of unbranched alkanes of at least 4 members (excludes halogenated alkanes) is 6. The van der Waals surface area contributed by atoms with Gasteiger partial charge in [-0.05, 0) is 18.6 Å². The minimum atomic E-state index is -0.984. The smallest absolute Gasteiger partial charge is 0.326 e. The van der Waals surface area contributed by atoms with E-state index in [1.54, 1.807) is 0 Å². The number of carbonyl (C=O) groups excluding carboxylic acids is 1. The number of hydrogen-bond donors (Lipinski definition) is 3. The number of carboxylic acid groups (broad SMARTS) is 1. The maximum Gasteiger partial charge on any atom is 0.326 e. The Morgan fingerprint density at radius 1 is 1.11 bits per heavy atom. The van der Waals surface area contributed by atoms with Crippen molar-refractivity contribution in [1.82, 2.24) is 5.32 Å². The van der Waals surface area contributed by atoms with E-state index in [0.29, 0.717) is 18.6 Å². The second-order valence-electron chi connectivity index (χ2n) is 4.84. The van der Waals surface area contributed by atoms with E-state index in [-0.39, 0.29) is 5.91 Å². The highest BCUT2D eigenvalue weighted by Gasteiger charge is 2.18. The lowest BCUT2D eigenvalue weighted by atomic mass is 10.1. The summed E-state index contributed by atoms with van der Waals surface area (Å²) in [5.41, 5.74) is 0. The molecule has 1 amide bonds. The van der Waals surface area contributed by atoms with E-state index in [0.717, 1.165) is 19.3 Å². The van der Waals surface area contributed by atoms with Crippen molar-refractivity contribution in [2.24, 2.45) is 0 Å². The fourth-order valence-electron chi connectivity index (χ4n) is 1.90. The summed E-state index contributed by atoms with van der Waals surface area (Å²) in [6.07, 6.45) is 8.84. The Labute approximate surface area is 121 Å². The molecule has 0 saturated heterocycles. The van der Waals surface area contributed by atoms with Gasteiger partial charge >= 0.3 is 5.97 Å². The number of carbonyl (C=O) groups is 2. The van der Waals surface area contributed by atoms with Crippen LogP contribution in [0.5, 0.6) is 0 Å². The highest BCUT2D eigenvalue weighted by molar-refractivity contribution is 7.80. The van der Waals surface area contributed by atoms with Crippen LogP contribution in [-0.4, -0.2) is 28.8 Å². The summed E-state index contributed by atoms with van der Waals surface area (Å²) in [5, 5.41) is 11.4. The Kier molecular flexibility index (Phi) is 11.9. The SMILES string of the molecule is CCCCCCCCCC(=O)N[C@H](CCS)C(=O)O. The molecule has 0 bridgehead atoms. The first-order valence-electron chi connectivity index (χ1n) is 7.24. The summed E-state index contributed by atoms with van der Waals surface area (Å²) >= 11 is 3.99. The van der Waals surface area contributed by atoms with Crippen LogP contribution in [0.15, 0.2) is 0 Å². The summed E-state index contributed by atoms with van der Waals surface area (Å²) in [5.74, 6) is -0.695. The molecule has 112 valence electrons. The summed E-state index contributed by atoms with van der Waals surface area (Å²) < 4.78 is 0. The molecule has 0 unspecified atom stereocenters. The number of aliphatic carboxylic acids is 1. The number of carboxylic acids is 1. The van der Waals surface area contributed by atoms with E-state index < -0.39 is 12.0 Å². The quantitative estimate of drug-likeness (QED) is 0.382. The second-order valence-corrected chi connectivity index (χ2v) is 5.29. The average molecular weight is 289 g/mol. The van der Waals surface area contributed by atoms with Crippen LogP contribution in [0.4, 0.5) is 0 Å². The van der Waals surface area contributed by atoms with Gasteiger partial charge in [0.1, 0.15) is 6.04 Å². The number of nitrogens with one attached hydrogen (secondary N) is 1. The van der Waals surface area contributed by atoms with Crippen molar-refractivity contribution in [2.45, 2.75) is 70.8 Å². The lowest BCUT2D eigenvalue weighted by molar-refractivity contribution is -0.141. The maximum absolute atomic E-state index is 11.6. The van der Waals surface area contributed by atoms with Crippen molar-refractivity contribution in [3.8, 4) is 0 Å². The molecule has 0 radical (unpaired) electrons. The van der Waals surface area contributed by atoms with Crippen molar-refractivity contribution in [1.29, 1.82) is 0 Å². The van der Waals surface area contributed by atoms with Crippen molar-refractivity contribution >= 4 is 24.5 Å². The van der Waals surface area contributed by atoms with Crippen molar-refractivity contribution in [2.75, 3.05) is 5.75 Å². The molecule has 0 aliphatic rings. The predicted octanol–water partition coefficient (Wildman–Crippen LogP) is 3.02. The highest BCUT2D eigenvalue weighted by Crippen LogP contribution is 2.08. The van der Waals surface area contributed by atoms with Gasteiger partial charge in [-0.25, -0.2) is 4.79 Å². The average Bonchev–Trinajstić information content (AvgIpc) is 2.37. The molecule has 2 N–H and O–H groups in total. The van der Waals surface area contributed by atoms with E-state index >= 15 is 0 Å². The second kappa shape index (κ2) is 12.3. The molecule has 0 fully saturated rings. The minimum Gasteiger partial charge on any atom is -0.480 e. The van der Waals surface area contributed by atoms with Crippen molar-refractivity contribution in [3.05, 3.63) is 0 Å². The molecule has 0 heterocycles. The zero-order valence-corrected chi connectivity index (χ0v) is 12.8. The third-order valence-corrected chi connectivity index (χ3v) is 3.32. The summed E-state index contributed by atoms with van der Waals surface area (Å²) in [6, 6.07) is -0.797. The molecule has 4 nitrogen and oxygen atoms in total. The van der Waals surface area contributed by atoms with Gasteiger partial charge in [0.15, 0.2) is 0 Å². The van der Waals surface area contributed by atoms with E-state index in [1.807, 2.05) is 0 Å². The first kappa shape index (κ1) is 18.3. The van der Waals surface area contributed by atoms with Crippen LogP contribution < -0.4 is 5.32 Å². The molecular weight excluding hydrogens is 262 g/mol. The maximum atomic E-state index is 11.6. The Morgan fingerprint density at radius 2 is 1.68 bits per heavy atom. The highest BCUT2D eigenvalue weighted by atomic mass is 32.1. The van der Waals surface area contributed by atoms with E-state index in [9.17, 15) is 9.59 Å². The lowest BCUT2D eigenvalue weighted by Gasteiger charge is -2.13. The summed E-state index contributed by atoms with van der Waals surface area (Å²) in [6.45, 7) is 2.19. The first-order valence-corrected chi connectivity index (χ1v) is 7.88. The molecule has 0 aliphatic carbocycles. The fourth-order valence-corrected chi connectivity index (χ4v) is 2.15. The number of rotatable bonds is 12. The minimum absolute atomic E-state index is 0.164. The number of thiol groups is 1. The molecule has 0 aromatic carbocycles. The summed E-state index contributed by atoms with van der Waals surface area (Å²) in [4.78, 5) is 22.4. The van der Waals surface area contributed by atoms with Crippen LogP contribution >= 0.6 is 12.6 Å². The monoisotopic (exact) mass is 289 g/mol. The van der Waals surface area contributed by atoms with Crippen LogP contribution in [0.25, 0.3) is 0 Å². The van der Waals surface area contributed by atoms with Crippen LogP contribution in [0.2, 0.25) is 0 Å². The zero-order chi connectivity index (χ0) is 14.5. The van der Waals surface area contributed by atoms with Crippen molar-refractivity contribution in [3.63, 3.8) is 0 Å². The first-order chi connectivity index (χ1) is 9.11. The molecule has 5 heteroatoms. The van der Waals surface area contributed by atoms with Crippen LogP contribution in [-0.2, 0) is 9.59 Å². The molecular formula is C14H27NO3S. The third-order valence-electron chi connectivity index (χ3n) is 3.06. The van der Waals surface area contributed by atoms with Crippen molar-refractivity contribution < 1.29 is 14.7 Å². The lowest BCUT2D eigenvalue weighted by Crippen LogP contribution is -2.40. The van der Waals surface area contributed by atoms with Gasteiger partial charge in [-0.15, -0.1) is 0 Å². The molecule has 0 aliphatic heterocycles. The molecule has 1 atom stereocenters. The van der Waals surface area contributed by atoms with Gasteiger partial charge in [-0.1, -0.05) is 45.4 Å². The van der Waals surface area contributed by atoms with Gasteiger partial charge in [0.25, 0.3) is 0 Å². The van der Waals surface area contributed by atoms with Gasteiger partial charge in [-0.3, -0.25) is 4.79 Å². The Hall–Kier alpha value is -0.710. The van der Waals surface area contributed by atoms with Gasteiger partial charge in [0, 0.05) is 6.42 Å². The molecule has 0 rings (SSSR count). The van der Waals surface area contributed by atoms with Crippen LogP contribution in [0.3, 0.4) is 0 Å². The third kappa shape index (κ3) is 10.9. The van der Waals surface area contributed by atoms with Gasteiger partial charge in [0.2, 0.25) is 5.91 Å². The predicted molar refractivity (Wildman–Crippen MR) is 80.6 cm³/mol. The van der Waals surface area contributed by atoms with E-state index in [1.165, 1.54) is 25.7 Å². The molecule has 0 spiro atoms. The normalized spacial score (nSPS) is 12.1. The Balaban J connectivity index is 3.60. The largest absolute Gasteiger partial charge is 0.480 e. The standard InChI is InChI=1S/C14H27NO3S/c1-2-3-4-5-6-7-8-9-13(16)15-12(10-11-19)14(17)18/h12,19H,2-11H2,1H3,(H,15,16)(H,17,18)/t12-/m1/s1. The number of amides is 1. The topological polar surface area (TPSA) is 66.4 Å². The van der Waals surface area contributed by atoms with Gasteiger partial charge in [-0.2, -0.15) is 12.6 Å². The molecule has 19 heavy (non-hydrogen) atoms. The molecule has 0 aromatic rings. The number of hydrogen-bond acceptors (Lipinski definition) is 3. The van der Waals surface area contributed by atoms with Crippen LogP contribution in [0, 0.1) is 0 Å². The fraction of sp³-hybridized carbons (Fsp3) is 0.857. The van der Waals surface area contributed by atoms with E-state index in [2.05, 4.69) is 24.9 Å². The summed E-state index contributed by atoms with van der Waals surface area (Å²) in [7, 11) is 0. The Bertz CT molecular complexity index is 259. The van der Waals surface area contributed by atoms with Crippen LogP contribution in [0.1, 0.15) is 64.7 Å². The van der Waals surface area contributed by atoms with Gasteiger partial charge in [0.05, 0.1) is 0 Å². The molecule has 0 aromatic heterocycles. The van der Waals surface area contributed by atoms with E-state index in [4.69, 9.17) is 5.11 Å². The van der Waals surface area contributed by atoms with Gasteiger partial charge < -0.3 is 10.4 Å². The zero-order valence-electron chi connectivity index (χ0n) is 11.9.